The molecule has 19 heavy (non-hydrogen) atoms. The maximum atomic E-state index is 11.9. The highest BCUT2D eigenvalue weighted by Gasteiger charge is 2.11. The van der Waals surface area contributed by atoms with Gasteiger partial charge in [-0.05, 0) is 18.1 Å². The van der Waals surface area contributed by atoms with Crippen LogP contribution in [0.1, 0.15) is 18.4 Å². The van der Waals surface area contributed by atoms with Crippen molar-refractivity contribution in [3.05, 3.63) is 34.9 Å². The Hall–Kier alpha value is -1.55. The molecule has 0 saturated carbocycles. The van der Waals surface area contributed by atoms with E-state index >= 15 is 0 Å². The first-order valence-corrected chi connectivity index (χ1v) is 6.46. The molecule has 0 radical (unpaired) electrons. The molecule has 0 aromatic heterocycles. The second-order valence-electron chi connectivity index (χ2n) is 4.23. The minimum absolute atomic E-state index is 0.0103. The van der Waals surface area contributed by atoms with Gasteiger partial charge in [-0.1, -0.05) is 29.8 Å². The van der Waals surface area contributed by atoms with Crippen LogP contribution in [0.25, 0.3) is 0 Å². The van der Waals surface area contributed by atoms with Crippen LogP contribution in [0.3, 0.4) is 0 Å². The Bertz CT molecular complexity index is 448. The number of rotatable bonds is 6. The minimum Gasteiger partial charge on any atom is -0.469 e. The molecule has 0 saturated heterocycles. The van der Waals surface area contributed by atoms with E-state index in [1.54, 1.807) is 7.05 Å². The Balaban J connectivity index is 2.38. The third-order valence-corrected chi connectivity index (χ3v) is 3.24. The molecule has 0 fully saturated rings. The lowest BCUT2D eigenvalue weighted by molar-refractivity contribution is -0.141. The van der Waals surface area contributed by atoms with Crippen LogP contribution in [0, 0.1) is 0 Å². The first-order chi connectivity index (χ1) is 9.04. The molecule has 0 aliphatic heterocycles. The molecule has 0 N–H and O–H groups in total. The predicted octanol–water partition coefficient (Wildman–Crippen LogP) is 2.29. The number of nitrogens with zero attached hydrogens (tertiary/aromatic N) is 1. The van der Waals surface area contributed by atoms with E-state index in [1.165, 1.54) is 12.0 Å². The lowest BCUT2D eigenvalue weighted by atomic mass is 10.1. The molecular formula is C14H18ClNO3. The Labute approximate surface area is 118 Å². The van der Waals surface area contributed by atoms with Crippen LogP contribution in [-0.2, 0) is 20.7 Å². The van der Waals surface area contributed by atoms with E-state index in [-0.39, 0.29) is 18.3 Å². The van der Waals surface area contributed by atoms with E-state index in [1.807, 2.05) is 24.3 Å². The molecule has 5 heteroatoms. The van der Waals surface area contributed by atoms with Gasteiger partial charge in [0.25, 0.3) is 0 Å². The number of amides is 1. The van der Waals surface area contributed by atoms with E-state index in [0.29, 0.717) is 24.4 Å². The van der Waals surface area contributed by atoms with Gasteiger partial charge in [0.15, 0.2) is 0 Å². The Morgan fingerprint density at radius 1 is 1.26 bits per heavy atom. The number of carbonyl (C=O) groups is 2. The molecule has 0 bridgehead atoms. The third kappa shape index (κ3) is 5.30. The molecule has 4 nitrogen and oxygen atoms in total. The van der Waals surface area contributed by atoms with E-state index in [0.717, 1.165) is 5.56 Å². The van der Waals surface area contributed by atoms with Crippen molar-refractivity contribution in [1.82, 2.24) is 4.90 Å². The van der Waals surface area contributed by atoms with Crippen molar-refractivity contribution in [2.24, 2.45) is 0 Å². The highest BCUT2D eigenvalue weighted by Crippen LogP contribution is 2.16. The quantitative estimate of drug-likeness (QED) is 0.753. The largest absolute Gasteiger partial charge is 0.469 e. The van der Waals surface area contributed by atoms with Crippen molar-refractivity contribution >= 4 is 23.5 Å². The van der Waals surface area contributed by atoms with Crippen LogP contribution < -0.4 is 0 Å². The standard InChI is InChI=1S/C14H18ClNO3/c1-16(10-9-14(18)19-2)13(17)8-7-11-5-3-4-6-12(11)15/h3-6H,7-10H2,1-2H3. The summed E-state index contributed by atoms with van der Waals surface area (Å²) in [6, 6.07) is 7.47. The van der Waals surface area contributed by atoms with Gasteiger partial charge in [0, 0.05) is 25.0 Å². The zero-order valence-corrected chi connectivity index (χ0v) is 11.9. The first kappa shape index (κ1) is 15.5. The summed E-state index contributed by atoms with van der Waals surface area (Å²) in [5.74, 6) is -0.324. The van der Waals surface area contributed by atoms with Crippen LogP contribution in [0.2, 0.25) is 5.02 Å². The van der Waals surface area contributed by atoms with Gasteiger partial charge in [0.2, 0.25) is 5.91 Å². The second kappa shape index (κ2) is 7.79. The highest BCUT2D eigenvalue weighted by atomic mass is 35.5. The molecule has 0 aliphatic rings. The SMILES string of the molecule is COC(=O)CCN(C)C(=O)CCc1ccccc1Cl. The fraction of sp³-hybridized carbons (Fsp3) is 0.429. The first-order valence-electron chi connectivity index (χ1n) is 6.08. The van der Waals surface area contributed by atoms with Crippen LogP contribution >= 0.6 is 11.6 Å². The summed E-state index contributed by atoms with van der Waals surface area (Å²) in [5.41, 5.74) is 0.957. The van der Waals surface area contributed by atoms with Gasteiger partial charge in [-0.3, -0.25) is 9.59 Å². The summed E-state index contributed by atoms with van der Waals surface area (Å²) >= 11 is 6.02. The zero-order chi connectivity index (χ0) is 14.3. The van der Waals surface area contributed by atoms with Crippen LogP contribution in [0.15, 0.2) is 24.3 Å². The molecule has 0 aliphatic carbocycles. The Morgan fingerprint density at radius 2 is 1.95 bits per heavy atom. The number of hydrogen-bond acceptors (Lipinski definition) is 3. The van der Waals surface area contributed by atoms with Gasteiger partial charge < -0.3 is 9.64 Å². The summed E-state index contributed by atoms with van der Waals surface area (Å²) in [6.45, 7) is 0.369. The number of hydrogen-bond donors (Lipinski definition) is 0. The van der Waals surface area contributed by atoms with E-state index in [2.05, 4.69) is 4.74 Å². The third-order valence-electron chi connectivity index (χ3n) is 2.87. The van der Waals surface area contributed by atoms with Crippen LogP contribution in [0.5, 0.6) is 0 Å². The molecule has 0 heterocycles. The van der Waals surface area contributed by atoms with Crippen molar-refractivity contribution in [2.45, 2.75) is 19.3 Å². The number of aryl methyl sites for hydroxylation is 1. The average Bonchev–Trinajstić information content (AvgIpc) is 2.43. The number of esters is 1. The molecule has 0 atom stereocenters. The Kier molecular flexibility index (Phi) is 6.36. The number of ether oxygens (including phenoxy) is 1. The number of benzene rings is 1. The summed E-state index contributed by atoms with van der Waals surface area (Å²) in [6.07, 6.45) is 1.19. The maximum absolute atomic E-state index is 11.9. The number of methoxy groups -OCH3 is 1. The fourth-order valence-corrected chi connectivity index (χ4v) is 1.85. The van der Waals surface area contributed by atoms with E-state index < -0.39 is 0 Å². The van der Waals surface area contributed by atoms with Gasteiger partial charge in [0.05, 0.1) is 13.5 Å². The minimum atomic E-state index is -0.314. The molecule has 1 aromatic rings. The van der Waals surface area contributed by atoms with Crippen molar-refractivity contribution in [3.8, 4) is 0 Å². The number of halogens is 1. The molecule has 104 valence electrons. The monoisotopic (exact) mass is 283 g/mol. The van der Waals surface area contributed by atoms with Gasteiger partial charge in [-0.25, -0.2) is 0 Å². The second-order valence-corrected chi connectivity index (χ2v) is 4.64. The molecular weight excluding hydrogens is 266 g/mol. The Morgan fingerprint density at radius 3 is 2.58 bits per heavy atom. The number of carbonyl (C=O) groups excluding carboxylic acids is 2. The summed E-state index contributed by atoms with van der Waals surface area (Å²) in [5, 5.41) is 0.674. The molecule has 1 amide bonds. The van der Waals surface area contributed by atoms with Crippen molar-refractivity contribution in [3.63, 3.8) is 0 Å². The maximum Gasteiger partial charge on any atom is 0.307 e. The van der Waals surface area contributed by atoms with Gasteiger partial charge in [-0.2, -0.15) is 0 Å². The van der Waals surface area contributed by atoms with Gasteiger partial charge in [0.1, 0.15) is 0 Å². The summed E-state index contributed by atoms with van der Waals surface area (Å²) in [7, 11) is 3.01. The van der Waals surface area contributed by atoms with E-state index in [4.69, 9.17) is 11.6 Å². The van der Waals surface area contributed by atoms with Crippen LogP contribution in [-0.4, -0.2) is 37.5 Å². The lowest BCUT2D eigenvalue weighted by Crippen LogP contribution is -2.29. The van der Waals surface area contributed by atoms with Crippen LogP contribution in [0.4, 0.5) is 0 Å². The fourth-order valence-electron chi connectivity index (χ4n) is 1.62. The molecule has 0 spiro atoms. The normalized spacial score (nSPS) is 10.1. The predicted molar refractivity (Wildman–Crippen MR) is 74.0 cm³/mol. The summed E-state index contributed by atoms with van der Waals surface area (Å²) < 4.78 is 4.53. The van der Waals surface area contributed by atoms with Gasteiger partial charge in [-0.15, -0.1) is 0 Å². The van der Waals surface area contributed by atoms with Crippen molar-refractivity contribution in [2.75, 3.05) is 20.7 Å². The topological polar surface area (TPSA) is 46.6 Å². The molecule has 0 unspecified atom stereocenters. The molecule has 1 aromatic carbocycles. The average molecular weight is 284 g/mol. The summed E-state index contributed by atoms with van der Waals surface area (Å²) in [4.78, 5) is 24.4. The zero-order valence-electron chi connectivity index (χ0n) is 11.2. The highest BCUT2D eigenvalue weighted by molar-refractivity contribution is 6.31. The lowest BCUT2D eigenvalue weighted by Gasteiger charge is -2.16. The van der Waals surface area contributed by atoms with Crippen molar-refractivity contribution < 1.29 is 14.3 Å². The van der Waals surface area contributed by atoms with Gasteiger partial charge >= 0.3 is 5.97 Å². The smallest absolute Gasteiger partial charge is 0.307 e. The van der Waals surface area contributed by atoms with E-state index in [9.17, 15) is 9.59 Å². The van der Waals surface area contributed by atoms with Crippen molar-refractivity contribution in [1.29, 1.82) is 0 Å². The molecule has 1 rings (SSSR count).